The van der Waals surface area contributed by atoms with Crippen LogP contribution in [0.25, 0.3) is 88.3 Å². The van der Waals surface area contributed by atoms with Crippen molar-refractivity contribution in [3.05, 3.63) is 236 Å². The van der Waals surface area contributed by atoms with E-state index in [0.717, 1.165) is 61.3 Å². The van der Waals surface area contributed by atoms with Crippen molar-refractivity contribution in [1.82, 2.24) is 0 Å². The zero-order chi connectivity index (χ0) is 42.1. The summed E-state index contributed by atoms with van der Waals surface area (Å²) >= 11 is 0. The molecule has 2 heteroatoms. The molecule has 0 spiro atoms. The Balaban J connectivity index is 1.03. The number of benzene rings is 10. The molecule has 0 atom stereocenters. The molecule has 63 heavy (non-hydrogen) atoms. The van der Waals surface area contributed by atoms with E-state index in [9.17, 15) is 0 Å². The number of furan rings is 1. The van der Waals surface area contributed by atoms with Crippen molar-refractivity contribution in [1.29, 1.82) is 0 Å². The first-order valence-electron chi connectivity index (χ1n) is 21.8. The van der Waals surface area contributed by atoms with Gasteiger partial charge in [0.15, 0.2) is 0 Å². The molecule has 12 rings (SSSR count). The van der Waals surface area contributed by atoms with Gasteiger partial charge in [-0.15, -0.1) is 0 Å². The molecule has 1 aliphatic carbocycles. The standard InChI is InChI=1S/C61H43NO/c1-61(2)56-23-12-11-20-52(56)54-39-55-53-22-13-21-51(47-25-24-42-18-9-10-19-46(42)38-47)59(53)63-60(55)57(58(54)61)45-30-36-50(37-31-45)62(48-32-26-43(27-33-48)40-14-5-3-6-15-40)49-34-28-44(29-35-49)41-16-7-4-8-17-41/h3-39H,1-2H3. The number of anilines is 3. The highest BCUT2D eigenvalue weighted by atomic mass is 16.3. The fourth-order valence-electron chi connectivity index (χ4n) is 10.1. The summed E-state index contributed by atoms with van der Waals surface area (Å²) in [6.45, 7) is 4.73. The quantitative estimate of drug-likeness (QED) is 0.160. The zero-order valence-corrected chi connectivity index (χ0v) is 35.2. The maximum absolute atomic E-state index is 7.25. The van der Waals surface area contributed by atoms with Gasteiger partial charge in [-0.25, -0.2) is 0 Å². The van der Waals surface area contributed by atoms with Crippen molar-refractivity contribution in [3.8, 4) is 55.6 Å². The number of hydrogen-bond donors (Lipinski definition) is 0. The monoisotopic (exact) mass is 805 g/mol. The molecule has 1 aromatic heterocycles. The van der Waals surface area contributed by atoms with E-state index in [1.165, 1.54) is 55.3 Å². The highest BCUT2D eigenvalue weighted by Crippen LogP contribution is 2.56. The molecule has 0 saturated carbocycles. The Morgan fingerprint density at radius 1 is 0.349 bits per heavy atom. The van der Waals surface area contributed by atoms with Crippen LogP contribution < -0.4 is 4.90 Å². The lowest BCUT2D eigenvalue weighted by molar-refractivity contribution is 0.650. The molecule has 1 heterocycles. The van der Waals surface area contributed by atoms with Gasteiger partial charge in [0.25, 0.3) is 0 Å². The molecule has 0 radical (unpaired) electrons. The van der Waals surface area contributed by atoms with Crippen molar-refractivity contribution in [3.63, 3.8) is 0 Å². The SMILES string of the molecule is CC1(C)c2ccccc2-c2cc3c(oc4c(-c5ccc6ccccc6c5)cccc43)c(-c3ccc(N(c4ccc(-c5ccccc5)cc4)c4ccc(-c5ccccc5)cc4)cc3)c21. The van der Waals surface area contributed by atoms with E-state index < -0.39 is 0 Å². The summed E-state index contributed by atoms with van der Waals surface area (Å²) in [4.78, 5) is 2.36. The van der Waals surface area contributed by atoms with Crippen molar-refractivity contribution in [2.45, 2.75) is 19.3 Å². The van der Waals surface area contributed by atoms with Gasteiger partial charge in [0.1, 0.15) is 11.2 Å². The minimum atomic E-state index is -0.249. The number of fused-ring (bicyclic) bond motifs is 7. The number of nitrogens with zero attached hydrogens (tertiary/aromatic N) is 1. The van der Waals surface area contributed by atoms with E-state index in [1.807, 2.05) is 0 Å². The van der Waals surface area contributed by atoms with E-state index in [1.54, 1.807) is 0 Å². The third-order valence-electron chi connectivity index (χ3n) is 13.2. The predicted molar refractivity (Wildman–Crippen MR) is 265 cm³/mol. The highest BCUT2D eigenvalue weighted by molar-refractivity contribution is 6.16. The van der Waals surface area contributed by atoms with Crippen LogP contribution in [0.5, 0.6) is 0 Å². The summed E-state index contributed by atoms with van der Waals surface area (Å²) in [5, 5.41) is 4.71. The molecule has 2 nitrogen and oxygen atoms in total. The highest BCUT2D eigenvalue weighted by Gasteiger charge is 2.39. The van der Waals surface area contributed by atoms with E-state index in [4.69, 9.17) is 4.42 Å². The van der Waals surface area contributed by atoms with Crippen molar-refractivity contribution in [2.75, 3.05) is 4.90 Å². The fraction of sp³-hybridized carbons (Fsp3) is 0.0492. The molecule has 298 valence electrons. The Bertz CT molecular complexity index is 3410. The second kappa shape index (κ2) is 14.6. The molecule has 0 aliphatic heterocycles. The van der Waals surface area contributed by atoms with Gasteiger partial charge < -0.3 is 9.32 Å². The lowest BCUT2D eigenvalue weighted by Gasteiger charge is -2.27. The zero-order valence-electron chi connectivity index (χ0n) is 35.2. The number of para-hydroxylation sites is 1. The lowest BCUT2D eigenvalue weighted by Crippen LogP contribution is -2.16. The molecule has 11 aromatic rings. The number of rotatable bonds is 7. The summed E-state index contributed by atoms with van der Waals surface area (Å²) in [7, 11) is 0. The molecule has 0 N–H and O–H groups in total. The third-order valence-corrected chi connectivity index (χ3v) is 13.2. The predicted octanol–water partition coefficient (Wildman–Crippen LogP) is 17.2. The Labute approximate surface area is 368 Å². The largest absolute Gasteiger partial charge is 0.455 e. The van der Waals surface area contributed by atoms with Gasteiger partial charge in [0.2, 0.25) is 0 Å². The molecule has 0 fully saturated rings. The van der Waals surface area contributed by atoms with Gasteiger partial charge >= 0.3 is 0 Å². The first-order chi connectivity index (χ1) is 31.0. The molecule has 0 bridgehead atoms. The molecular weight excluding hydrogens is 763 g/mol. The summed E-state index contributed by atoms with van der Waals surface area (Å²) in [6, 6.07) is 81.3. The number of hydrogen-bond acceptors (Lipinski definition) is 2. The maximum Gasteiger partial charge on any atom is 0.143 e. The third kappa shape index (κ3) is 6.09. The van der Waals surface area contributed by atoms with Crippen LogP contribution in [0.2, 0.25) is 0 Å². The van der Waals surface area contributed by atoms with Crippen molar-refractivity contribution in [2.24, 2.45) is 0 Å². The van der Waals surface area contributed by atoms with Crippen LogP contribution in [0.1, 0.15) is 25.0 Å². The Morgan fingerprint density at radius 3 is 1.49 bits per heavy atom. The van der Waals surface area contributed by atoms with Crippen LogP contribution in [-0.2, 0) is 5.41 Å². The first-order valence-corrected chi connectivity index (χ1v) is 21.8. The summed E-state index contributed by atoms with van der Waals surface area (Å²) in [6.07, 6.45) is 0. The smallest absolute Gasteiger partial charge is 0.143 e. The molecule has 0 saturated heterocycles. The summed E-state index contributed by atoms with van der Waals surface area (Å²) < 4.78 is 7.25. The summed E-state index contributed by atoms with van der Waals surface area (Å²) in [5.41, 5.74) is 19.4. The van der Waals surface area contributed by atoms with Gasteiger partial charge in [0.05, 0.1) is 0 Å². The minimum absolute atomic E-state index is 0.249. The van der Waals surface area contributed by atoms with Crippen LogP contribution in [0.4, 0.5) is 17.1 Å². The molecule has 10 aromatic carbocycles. The second-order valence-electron chi connectivity index (χ2n) is 17.3. The van der Waals surface area contributed by atoms with Crippen LogP contribution in [-0.4, -0.2) is 0 Å². The van der Waals surface area contributed by atoms with E-state index >= 15 is 0 Å². The maximum atomic E-state index is 7.25. The normalized spacial score (nSPS) is 12.7. The average molecular weight is 806 g/mol. The van der Waals surface area contributed by atoms with Gasteiger partial charge in [-0.3, -0.25) is 0 Å². The minimum Gasteiger partial charge on any atom is -0.455 e. The molecule has 0 amide bonds. The Morgan fingerprint density at radius 2 is 0.857 bits per heavy atom. The Hall–Kier alpha value is -7.94. The molecule has 1 aliphatic rings. The molecule has 0 unspecified atom stereocenters. The average Bonchev–Trinajstić information content (AvgIpc) is 3.83. The van der Waals surface area contributed by atoms with Gasteiger partial charge in [-0.05, 0) is 115 Å². The van der Waals surface area contributed by atoms with Crippen LogP contribution in [0, 0.1) is 0 Å². The van der Waals surface area contributed by atoms with Crippen LogP contribution in [0.15, 0.2) is 229 Å². The lowest BCUT2D eigenvalue weighted by atomic mass is 9.78. The first kappa shape index (κ1) is 36.9. The van der Waals surface area contributed by atoms with Gasteiger partial charge in [-0.2, -0.15) is 0 Å². The molecular formula is C61H43NO. The van der Waals surface area contributed by atoms with E-state index in [-0.39, 0.29) is 5.41 Å². The topological polar surface area (TPSA) is 16.4 Å². The van der Waals surface area contributed by atoms with Crippen molar-refractivity contribution < 1.29 is 4.42 Å². The van der Waals surface area contributed by atoms with E-state index in [2.05, 4.69) is 243 Å². The second-order valence-corrected chi connectivity index (χ2v) is 17.3. The van der Waals surface area contributed by atoms with Gasteiger partial charge in [-0.1, -0.05) is 190 Å². The Kier molecular flexibility index (Phi) is 8.55. The van der Waals surface area contributed by atoms with Gasteiger partial charge in [0, 0.05) is 44.4 Å². The van der Waals surface area contributed by atoms with E-state index in [0.29, 0.717) is 0 Å². The fourth-order valence-corrected chi connectivity index (χ4v) is 10.1. The van der Waals surface area contributed by atoms with Crippen LogP contribution >= 0.6 is 0 Å². The van der Waals surface area contributed by atoms with Crippen LogP contribution in [0.3, 0.4) is 0 Å². The summed E-state index contributed by atoms with van der Waals surface area (Å²) in [5.74, 6) is 0. The van der Waals surface area contributed by atoms with Crippen molar-refractivity contribution >= 4 is 49.8 Å².